The fourth-order valence-electron chi connectivity index (χ4n) is 3.82. The summed E-state index contributed by atoms with van der Waals surface area (Å²) in [5, 5.41) is 6.81. The Hall–Kier alpha value is -3.30. The van der Waals surface area contributed by atoms with Crippen LogP contribution in [-0.4, -0.2) is 41.5 Å². The fraction of sp³-hybridized carbons (Fsp3) is 0.292. The van der Waals surface area contributed by atoms with E-state index >= 15 is 0 Å². The molecular formula is C24H26N4O4S. The highest BCUT2D eigenvalue weighted by Crippen LogP contribution is 2.24. The molecule has 1 amide bonds. The summed E-state index contributed by atoms with van der Waals surface area (Å²) in [7, 11) is -3.58. The molecule has 8 nitrogen and oxygen atoms in total. The summed E-state index contributed by atoms with van der Waals surface area (Å²) in [6.45, 7) is 5.03. The van der Waals surface area contributed by atoms with E-state index < -0.39 is 21.4 Å². The van der Waals surface area contributed by atoms with Gasteiger partial charge in [-0.2, -0.15) is 9.40 Å². The van der Waals surface area contributed by atoms with Crippen molar-refractivity contribution in [1.29, 1.82) is 0 Å². The predicted molar refractivity (Wildman–Crippen MR) is 126 cm³/mol. The summed E-state index contributed by atoms with van der Waals surface area (Å²) in [5.41, 5.74) is 1.42. The topological polar surface area (TPSA) is 101 Å². The van der Waals surface area contributed by atoms with Crippen molar-refractivity contribution in [2.45, 2.75) is 31.6 Å². The number of rotatable bonds is 5. The predicted octanol–water partition coefficient (Wildman–Crippen LogP) is 3.21. The van der Waals surface area contributed by atoms with Gasteiger partial charge in [0.2, 0.25) is 15.5 Å². The van der Waals surface area contributed by atoms with E-state index in [1.165, 1.54) is 45.5 Å². The molecule has 2 heterocycles. The van der Waals surface area contributed by atoms with Crippen LogP contribution in [0, 0.1) is 12.8 Å². The zero-order valence-electron chi connectivity index (χ0n) is 18.6. The van der Waals surface area contributed by atoms with Gasteiger partial charge in [0.05, 0.1) is 10.6 Å². The van der Waals surface area contributed by atoms with Crippen LogP contribution in [0.5, 0.6) is 0 Å². The van der Waals surface area contributed by atoms with Crippen LogP contribution in [0.25, 0.3) is 5.69 Å². The number of hydrogen-bond donors (Lipinski definition) is 1. The molecule has 1 fully saturated rings. The van der Waals surface area contributed by atoms with Crippen LogP contribution in [0.1, 0.15) is 35.8 Å². The second kappa shape index (κ2) is 9.29. The smallest absolute Gasteiger partial charge is 0.280 e. The Labute approximate surface area is 192 Å². The zero-order valence-corrected chi connectivity index (χ0v) is 19.4. The van der Waals surface area contributed by atoms with Crippen LogP contribution >= 0.6 is 0 Å². The van der Waals surface area contributed by atoms with Gasteiger partial charge in [0.15, 0.2) is 5.69 Å². The molecule has 2 aromatic carbocycles. The summed E-state index contributed by atoms with van der Waals surface area (Å²) in [5.74, 6) is -0.337. The highest BCUT2D eigenvalue weighted by atomic mass is 32.2. The third kappa shape index (κ3) is 5.04. The van der Waals surface area contributed by atoms with E-state index in [4.69, 9.17) is 0 Å². The van der Waals surface area contributed by atoms with Crippen molar-refractivity contribution in [3.8, 4) is 5.69 Å². The summed E-state index contributed by atoms with van der Waals surface area (Å²) in [4.78, 5) is 25.2. The Morgan fingerprint density at radius 2 is 1.76 bits per heavy atom. The van der Waals surface area contributed by atoms with E-state index in [9.17, 15) is 18.0 Å². The molecule has 172 valence electrons. The number of nitrogens with one attached hydrogen (secondary N) is 1. The number of aromatic nitrogens is 2. The maximum absolute atomic E-state index is 12.9. The Morgan fingerprint density at radius 1 is 1.06 bits per heavy atom. The lowest BCUT2D eigenvalue weighted by Crippen LogP contribution is -2.39. The number of hydrogen-bond acceptors (Lipinski definition) is 5. The van der Waals surface area contributed by atoms with Gasteiger partial charge in [-0.25, -0.2) is 13.1 Å². The SMILES string of the molecule is Cc1ccc(-n2ccc(=O)c(C(=O)Nc3ccc(S(=O)(=O)N4CCCC(C)C4)cc3)n2)cc1. The summed E-state index contributed by atoms with van der Waals surface area (Å²) in [6, 6.07) is 14.8. The average molecular weight is 467 g/mol. The van der Waals surface area contributed by atoms with Gasteiger partial charge in [-0.3, -0.25) is 9.59 Å². The number of piperidine rings is 1. The molecule has 0 saturated carbocycles. The Morgan fingerprint density at radius 3 is 2.42 bits per heavy atom. The first kappa shape index (κ1) is 22.9. The Bertz CT molecular complexity index is 1320. The number of sulfonamides is 1. The minimum atomic E-state index is -3.58. The van der Waals surface area contributed by atoms with Crippen LogP contribution in [0.4, 0.5) is 5.69 Å². The van der Waals surface area contributed by atoms with Crippen molar-refractivity contribution in [2.24, 2.45) is 5.92 Å². The van der Waals surface area contributed by atoms with Crippen LogP contribution in [0.15, 0.2) is 70.5 Å². The lowest BCUT2D eigenvalue weighted by molar-refractivity contribution is 0.101. The van der Waals surface area contributed by atoms with Crippen molar-refractivity contribution >= 4 is 21.6 Å². The van der Waals surface area contributed by atoms with Gasteiger partial charge in [0, 0.05) is 31.0 Å². The largest absolute Gasteiger partial charge is 0.320 e. The molecule has 1 aliphatic rings. The van der Waals surface area contributed by atoms with Crippen LogP contribution < -0.4 is 10.7 Å². The molecule has 9 heteroatoms. The highest BCUT2D eigenvalue weighted by Gasteiger charge is 2.28. The van der Waals surface area contributed by atoms with Gasteiger partial charge < -0.3 is 5.32 Å². The van der Waals surface area contributed by atoms with Gasteiger partial charge in [-0.15, -0.1) is 0 Å². The third-order valence-corrected chi connectivity index (χ3v) is 7.57. The number of aryl methyl sites for hydroxylation is 1. The minimum absolute atomic E-state index is 0.175. The van der Waals surface area contributed by atoms with E-state index in [-0.39, 0.29) is 10.6 Å². The molecule has 1 N–H and O–H groups in total. The third-order valence-electron chi connectivity index (χ3n) is 5.69. The second-order valence-corrected chi connectivity index (χ2v) is 10.3. The second-order valence-electron chi connectivity index (χ2n) is 8.40. The monoisotopic (exact) mass is 466 g/mol. The summed E-state index contributed by atoms with van der Waals surface area (Å²) >= 11 is 0. The molecule has 1 atom stereocenters. The molecule has 1 aliphatic heterocycles. The van der Waals surface area contributed by atoms with Crippen molar-refractivity contribution in [3.05, 3.63) is 82.3 Å². The summed E-state index contributed by atoms with van der Waals surface area (Å²) < 4.78 is 28.8. The molecule has 33 heavy (non-hydrogen) atoms. The molecule has 3 aromatic rings. The van der Waals surface area contributed by atoms with Gasteiger partial charge in [0.1, 0.15) is 0 Å². The average Bonchev–Trinajstić information content (AvgIpc) is 2.80. The maximum Gasteiger partial charge on any atom is 0.280 e. The molecule has 1 aromatic heterocycles. The van der Waals surface area contributed by atoms with Crippen molar-refractivity contribution in [2.75, 3.05) is 18.4 Å². The van der Waals surface area contributed by atoms with Gasteiger partial charge in [0.25, 0.3) is 5.91 Å². The van der Waals surface area contributed by atoms with E-state index in [1.54, 1.807) is 0 Å². The highest BCUT2D eigenvalue weighted by molar-refractivity contribution is 7.89. The van der Waals surface area contributed by atoms with E-state index in [1.807, 2.05) is 38.1 Å². The fourth-order valence-corrected chi connectivity index (χ4v) is 5.42. The van der Waals surface area contributed by atoms with E-state index in [2.05, 4.69) is 10.4 Å². The maximum atomic E-state index is 12.9. The number of amides is 1. The molecule has 0 spiro atoms. The van der Waals surface area contributed by atoms with E-state index in [0.717, 1.165) is 24.1 Å². The first-order chi connectivity index (χ1) is 15.7. The van der Waals surface area contributed by atoms with Crippen LogP contribution in [0.2, 0.25) is 0 Å². The first-order valence-corrected chi connectivity index (χ1v) is 12.3. The van der Waals surface area contributed by atoms with Crippen molar-refractivity contribution in [1.82, 2.24) is 14.1 Å². The van der Waals surface area contributed by atoms with Crippen LogP contribution in [0.3, 0.4) is 0 Å². The lowest BCUT2D eigenvalue weighted by Gasteiger charge is -2.30. The Kier molecular flexibility index (Phi) is 6.44. The number of anilines is 1. The van der Waals surface area contributed by atoms with Crippen LogP contribution in [-0.2, 0) is 10.0 Å². The Balaban J connectivity index is 1.52. The quantitative estimate of drug-likeness (QED) is 0.622. The molecule has 0 radical (unpaired) electrons. The molecule has 0 bridgehead atoms. The summed E-state index contributed by atoms with van der Waals surface area (Å²) in [6.07, 6.45) is 3.37. The first-order valence-electron chi connectivity index (χ1n) is 10.8. The number of benzene rings is 2. The molecule has 1 unspecified atom stereocenters. The zero-order chi connectivity index (χ0) is 23.6. The van der Waals surface area contributed by atoms with Crippen molar-refractivity contribution < 1.29 is 13.2 Å². The van der Waals surface area contributed by atoms with Gasteiger partial charge >= 0.3 is 0 Å². The molecular weight excluding hydrogens is 440 g/mol. The number of carbonyl (C=O) groups excluding carboxylic acids is 1. The van der Waals surface area contributed by atoms with Gasteiger partial charge in [-0.1, -0.05) is 24.6 Å². The van der Waals surface area contributed by atoms with Gasteiger partial charge in [-0.05, 0) is 62.1 Å². The number of carbonyl (C=O) groups is 1. The minimum Gasteiger partial charge on any atom is -0.320 e. The molecule has 1 saturated heterocycles. The normalized spacial score (nSPS) is 17.0. The standard InChI is InChI=1S/C24H26N4O4S/c1-17-5-9-20(10-6-17)28-15-13-22(29)23(26-28)24(30)25-19-7-11-21(12-8-19)33(31,32)27-14-3-4-18(2)16-27/h5-13,15,18H,3-4,14,16H2,1-2H3,(H,25,30). The number of nitrogens with zero attached hydrogens (tertiary/aromatic N) is 3. The molecule has 0 aliphatic carbocycles. The van der Waals surface area contributed by atoms with Crippen molar-refractivity contribution in [3.63, 3.8) is 0 Å². The molecule has 4 rings (SSSR count). The lowest BCUT2D eigenvalue weighted by atomic mass is 10.0. The van der Waals surface area contributed by atoms with E-state index in [0.29, 0.717) is 24.7 Å².